The maximum Gasteiger partial charge on any atom is 0.162 e. The number of rotatable bonds is 7. The van der Waals surface area contributed by atoms with Crippen LogP contribution >= 0.6 is 23.2 Å². The van der Waals surface area contributed by atoms with Crippen LogP contribution in [-0.4, -0.2) is 13.2 Å². The van der Waals surface area contributed by atoms with Gasteiger partial charge in [0.05, 0.1) is 5.02 Å². The Morgan fingerprint density at radius 2 is 1.82 bits per heavy atom. The van der Waals surface area contributed by atoms with E-state index in [0.29, 0.717) is 35.2 Å². The van der Waals surface area contributed by atoms with Gasteiger partial charge in [-0.05, 0) is 37.1 Å². The second-order valence-corrected chi connectivity index (χ2v) is 5.91. The number of benzene rings is 2. The third-order valence-corrected chi connectivity index (χ3v) is 4.05. The number of alkyl halides is 1. The summed E-state index contributed by atoms with van der Waals surface area (Å²) in [6.45, 7) is -0.221. The lowest BCUT2D eigenvalue weighted by molar-refractivity contribution is 0.0282. The van der Waals surface area contributed by atoms with E-state index in [1.165, 1.54) is 0 Å². The van der Waals surface area contributed by atoms with Crippen LogP contribution in [0.5, 0.6) is 5.75 Å². The minimum absolute atomic E-state index is 0.368. The maximum atomic E-state index is 14.0. The van der Waals surface area contributed by atoms with Gasteiger partial charge >= 0.3 is 0 Å². The molecule has 0 fully saturated rings. The molecule has 2 aromatic carbocycles. The second-order valence-electron chi connectivity index (χ2n) is 5.06. The van der Waals surface area contributed by atoms with Crippen LogP contribution in [0.2, 0.25) is 10.0 Å². The lowest BCUT2D eigenvalue weighted by Gasteiger charge is -2.33. The van der Waals surface area contributed by atoms with Crippen LogP contribution in [-0.2, 0) is 5.60 Å². The highest BCUT2D eigenvalue weighted by Gasteiger charge is 2.35. The summed E-state index contributed by atoms with van der Waals surface area (Å²) in [4.78, 5) is 0. The summed E-state index contributed by atoms with van der Waals surface area (Å²) in [5, 5.41) is 0.880. The minimum atomic E-state index is -1.12. The van der Waals surface area contributed by atoms with E-state index in [0.717, 1.165) is 5.56 Å². The van der Waals surface area contributed by atoms with E-state index < -0.39 is 12.3 Å². The zero-order valence-electron chi connectivity index (χ0n) is 12.1. The number of nitrogens with two attached hydrogens (primary N) is 1. The molecule has 22 heavy (non-hydrogen) atoms. The van der Waals surface area contributed by atoms with Crippen LogP contribution < -0.4 is 10.5 Å². The molecule has 0 heterocycles. The van der Waals surface area contributed by atoms with Gasteiger partial charge in [-0.1, -0.05) is 53.5 Å². The monoisotopic (exact) mass is 341 g/mol. The van der Waals surface area contributed by atoms with Crippen LogP contribution in [0.1, 0.15) is 18.4 Å². The maximum absolute atomic E-state index is 14.0. The van der Waals surface area contributed by atoms with Gasteiger partial charge in [0.1, 0.15) is 12.4 Å². The minimum Gasteiger partial charge on any atom is -0.478 e. The number of halogens is 3. The van der Waals surface area contributed by atoms with E-state index in [1.807, 2.05) is 30.3 Å². The molecule has 0 bridgehead atoms. The predicted octanol–water partition coefficient (Wildman–Crippen LogP) is 4.98. The summed E-state index contributed by atoms with van der Waals surface area (Å²) < 4.78 is 20.0. The average molecular weight is 342 g/mol. The average Bonchev–Trinajstić information content (AvgIpc) is 2.55. The first-order valence-corrected chi connectivity index (χ1v) is 7.82. The predicted molar refractivity (Wildman–Crippen MR) is 89.5 cm³/mol. The third kappa shape index (κ3) is 3.92. The fourth-order valence-electron chi connectivity index (χ4n) is 2.32. The van der Waals surface area contributed by atoms with Gasteiger partial charge in [0.2, 0.25) is 0 Å². The van der Waals surface area contributed by atoms with E-state index in [4.69, 9.17) is 33.7 Å². The smallest absolute Gasteiger partial charge is 0.162 e. The first kappa shape index (κ1) is 17.1. The highest BCUT2D eigenvalue weighted by atomic mass is 35.5. The van der Waals surface area contributed by atoms with Crippen molar-refractivity contribution in [1.82, 2.24) is 0 Å². The van der Waals surface area contributed by atoms with Crippen molar-refractivity contribution in [3.8, 4) is 5.75 Å². The summed E-state index contributed by atoms with van der Waals surface area (Å²) in [5.41, 5.74) is 5.23. The SMILES string of the molecule is NCCCC(CF)(Oc1cc(Cl)ccc1Cl)c1ccccc1. The van der Waals surface area contributed by atoms with Crippen molar-refractivity contribution in [1.29, 1.82) is 0 Å². The fraction of sp³-hybridized carbons (Fsp3) is 0.294. The molecule has 2 aromatic rings. The van der Waals surface area contributed by atoms with Crippen LogP contribution in [0, 0.1) is 0 Å². The Hall–Kier alpha value is -1.29. The number of ether oxygens (including phenoxy) is 1. The molecule has 0 aromatic heterocycles. The van der Waals surface area contributed by atoms with Gasteiger partial charge in [0.15, 0.2) is 5.60 Å². The van der Waals surface area contributed by atoms with Crippen molar-refractivity contribution in [3.63, 3.8) is 0 Å². The summed E-state index contributed by atoms with van der Waals surface area (Å²) in [6.07, 6.45) is 1.09. The normalized spacial score (nSPS) is 13.6. The van der Waals surface area contributed by atoms with Crippen molar-refractivity contribution in [3.05, 3.63) is 64.1 Å². The van der Waals surface area contributed by atoms with Crippen LogP contribution in [0.25, 0.3) is 0 Å². The topological polar surface area (TPSA) is 35.2 Å². The summed E-state index contributed by atoms with van der Waals surface area (Å²) in [6, 6.07) is 14.2. The summed E-state index contributed by atoms with van der Waals surface area (Å²) in [7, 11) is 0. The van der Waals surface area contributed by atoms with Crippen molar-refractivity contribution in [2.24, 2.45) is 5.73 Å². The summed E-state index contributed by atoms with van der Waals surface area (Å²) >= 11 is 12.1. The second kappa shape index (κ2) is 7.82. The third-order valence-electron chi connectivity index (χ3n) is 3.50. The van der Waals surface area contributed by atoms with Gasteiger partial charge in [-0.2, -0.15) is 0 Å². The van der Waals surface area contributed by atoms with Gasteiger partial charge in [-0.25, -0.2) is 4.39 Å². The fourth-order valence-corrected chi connectivity index (χ4v) is 2.64. The number of hydrogen-bond donors (Lipinski definition) is 1. The molecular weight excluding hydrogens is 324 g/mol. The molecule has 0 saturated heterocycles. The highest BCUT2D eigenvalue weighted by molar-refractivity contribution is 6.34. The molecule has 2 rings (SSSR count). The Bertz CT molecular complexity index is 609. The van der Waals surface area contributed by atoms with Crippen LogP contribution in [0.3, 0.4) is 0 Å². The van der Waals surface area contributed by atoms with Gasteiger partial charge in [-0.15, -0.1) is 0 Å². The molecule has 1 unspecified atom stereocenters. The van der Waals surface area contributed by atoms with Gasteiger partial charge in [0.25, 0.3) is 0 Å². The summed E-state index contributed by atoms with van der Waals surface area (Å²) in [5.74, 6) is 0.368. The Morgan fingerprint density at radius 1 is 1.09 bits per heavy atom. The molecule has 0 spiro atoms. The van der Waals surface area contributed by atoms with E-state index in [1.54, 1.807) is 18.2 Å². The molecule has 2 nitrogen and oxygen atoms in total. The van der Waals surface area contributed by atoms with Crippen LogP contribution in [0.15, 0.2) is 48.5 Å². The van der Waals surface area contributed by atoms with E-state index in [-0.39, 0.29) is 0 Å². The van der Waals surface area contributed by atoms with Crippen molar-refractivity contribution < 1.29 is 9.13 Å². The largest absolute Gasteiger partial charge is 0.478 e. The van der Waals surface area contributed by atoms with Crippen molar-refractivity contribution in [2.75, 3.05) is 13.2 Å². The molecule has 2 N–H and O–H groups in total. The Morgan fingerprint density at radius 3 is 2.45 bits per heavy atom. The molecule has 0 aliphatic rings. The molecule has 1 atom stereocenters. The molecule has 5 heteroatoms. The molecular formula is C17H18Cl2FNO. The molecule has 0 amide bonds. The van der Waals surface area contributed by atoms with Gasteiger partial charge < -0.3 is 10.5 Å². The Balaban J connectivity index is 2.41. The quantitative estimate of drug-likeness (QED) is 0.770. The van der Waals surface area contributed by atoms with Gasteiger partial charge in [-0.3, -0.25) is 0 Å². The van der Waals surface area contributed by atoms with E-state index >= 15 is 0 Å². The van der Waals surface area contributed by atoms with Gasteiger partial charge in [0, 0.05) is 11.1 Å². The zero-order chi connectivity index (χ0) is 16.0. The standard InChI is InChI=1S/C17H18Cl2FNO/c18-14-7-8-15(19)16(11-14)22-17(12-20,9-4-10-21)13-5-2-1-3-6-13/h1-3,5-8,11H,4,9-10,12,21H2. The highest BCUT2D eigenvalue weighted by Crippen LogP contribution is 2.37. The van der Waals surface area contributed by atoms with Crippen molar-refractivity contribution >= 4 is 23.2 Å². The van der Waals surface area contributed by atoms with Crippen molar-refractivity contribution in [2.45, 2.75) is 18.4 Å². The lowest BCUT2D eigenvalue weighted by Crippen LogP contribution is -2.36. The molecule has 0 aliphatic carbocycles. The first-order valence-electron chi connectivity index (χ1n) is 7.07. The van der Waals surface area contributed by atoms with E-state index in [2.05, 4.69) is 0 Å². The Kier molecular flexibility index (Phi) is 6.07. The van der Waals surface area contributed by atoms with Crippen LogP contribution in [0.4, 0.5) is 4.39 Å². The molecule has 0 radical (unpaired) electrons. The zero-order valence-corrected chi connectivity index (χ0v) is 13.6. The number of hydrogen-bond acceptors (Lipinski definition) is 2. The first-order chi connectivity index (χ1) is 10.6. The Labute approximate surface area is 140 Å². The molecule has 118 valence electrons. The molecule has 0 saturated carbocycles. The van der Waals surface area contributed by atoms with E-state index in [9.17, 15) is 4.39 Å². The molecule has 0 aliphatic heterocycles. The lowest BCUT2D eigenvalue weighted by atomic mass is 9.90.